The highest BCUT2D eigenvalue weighted by Crippen LogP contribution is 2.34. The van der Waals surface area contributed by atoms with Crippen LogP contribution >= 0.6 is 0 Å². The summed E-state index contributed by atoms with van der Waals surface area (Å²) in [6, 6.07) is 8.22. The highest BCUT2D eigenvalue weighted by Gasteiger charge is 2.30. The highest BCUT2D eigenvalue weighted by molar-refractivity contribution is 5.84. The zero-order chi connectivity index (χ0) is 15.6. The Balaban J connectivity index is 2.57. The summed E-state index contributed by atoms with van der Waals surface area (Å²) in [7, 11) is 1.44. The van der Waals surface area contributed by atoms with Crippen LogP contribution in [0.3, 0.4) is 0 Å². The van der Waals surface area contributed by atoms with Gasteiger partial charge in [-0.05, 0) is 47.9 Å². The Morgan fingerprint density at radius 3 is 2.38 bits per heavy atom. The molecule has 0 aliphatic rings. The van der Waals surface area contributed by atoms with Gasteiger partial charge in [0.15, 0.2) is 6.29 Å². The second-order valence-electron chi connectivity index (χ2n) is 4.61. The smallest absolute Gasteiger partial charge is 0.416 e. The standard InChI is InChI=1S/C16H13F3O2/c1-10-6-12(7-13(9-20)15(10)21-2)11-4-3-5-14(8-11)16(17,18)19/h3-9H,1-2H3. The summed E-state index contributed by atoms with van der Waals surface area (Å²) >= 11 is 0. The molecule has 0 amide bonds. The molecule has 0 unspecified atom stereocenters. The molecule has 21 heavy (non-hydrogen) atoms. The van der Waals surface area contributed by atoms with E-state index in [2.05, 4.69) is 0 Å². The van der Waals surface area contributed by atoms with Gasteiger partial charge in [0.1, 0.15) is 5.75 Å². The van der Waals surface area contributed by atoms with Crippen LogP contribution < -0.4 is 4.74 Å². The van der Waals surface area contributed by atoms with E-state index in [0.29, 0.717) is 34.3 Å². The largest absolute Gasteiger partial charge is 0.496 e. The molecule has 5 heteroatoms. The Bertz CT molecular complexity index is 676. The topological polar surface area (TPSA) is 26.3 Å². The van der Waals surface area contributed by atoms with Crippen LogP contribution in [0.15, 0.2) is 36.4 Å². The fourth-order valence-electron chi connectivity index (χ4n) is 2.21. The molecule has 0 saturated heterocycles. The molecule has 0 radical (unpaired) electrons. The number of carbonyl (C=O) groups is 1. The van der Waals surface area contributed by atoms with E-state index in [1.807, 2.05) is 0 Å². The molecule has 0 saturated carbocycles. The number of alkyl halides is 3. The summed E-state index contributed by atoms with van der Waals surface area (Å²) < 4.78 is 43.4. The molecule has 2 aromatic rings. The zero-order valence-electron chi connectivity index (χ0n) is 11.5. The van der Waals surface area contributed by atoms with Gasteiger partial charge in [0.05, 0.1) is 18.2 Å². The van der Waals surface area contributed by atoms with Crippen molar-refractivity contribution >= 4 is 6.29 Å². The first-order chi connectivity index (χ1) is 9.86. The second-order valence-corrected chi connectivity index (χ2v) is 4.61. The normalized spacial score (nSPS) is 11.3. The third kappa shape index (κ3) is 3.07. The Hall–Kier alpha value is -2.30. The summed E-state index contributed by atoms with van der Waals surface area (Å²) in [6.45, 7) is 1.74. The lowest BCUT2D eigenvalue weighted by Crippen LogP contribution is -2.04. The minimum absolute atomic E-state index is 0.310. The first-order valence-corrected chi connectivity index (χ1v) is 6.18. The van der Waals surface area contributed by atoms with Crippen LogP contribution in [-0.2, 0) is 6.18 Å². The summed E-state index contributed by atoms with van der Waals surface area (Å²) in [4.78, 5) is 11.1. The lowest BCUT2D eigenvalue weighted by molar-refractivity contribution is -0.137. The van der Waals surface area contributed by atoms with Crippen LogP contribution in [0.4, 0.5) is 13.2 Å². The van der Waals surface area contributed by atoms with Crippen molar-refractivity contribution in [1.29, 1.82) is 0 Å². The van der Waals surface area contributed by atoms with Crippen LogP contribution in [0.2, 0.25) is 0 Å². The van der Waals surface area contributed by atoms with Crippen molar-refractivity contribution in [3.05, 3.63) is 53.1 Å². The van der Waals surface area contributed by atoms with Gasteiger partial charge in [-0.1, -0.05) is 12.1 Å². The molecule has 0 fully saturated rings. The number of aryl methyl sites for hydroxylation is 1. The molecule has 0 atom stereocenters. The SMILES string of the molecule is COc1c(C)cc(-c2cccc(C(F)(F)F)c2)cc1C=O. The van der Waals surface area contributed by atoms with Gasteiger partial charge in [-0.2, -0.15) is 13.2 Å². The lowest BCUT2D eigenvalue weighted by Gasteiger charge is -2.12. The second kappa shape index (κ2) is 5.60. The third-order valence-corrected chi connectivity index (χ3v) is 3.16. The van der Waals surface area contributed by atoms with Crippen LogP contribution in [0.5, 0.6) is 5.75 Å². The maximum absolute atomic E-state index is 12.8. The maximum Gasteiger partial charge on any atom is 0.416 e. The number of methoxy groups -OCH3 is 1. The quantitative estimate of drug-likeness (QED) is 0.779. The van der Waals surface area contributed by atoms with Gasteiger partial charge in [0.2, 0.25) is 0 Å². The van der Waals surface area contributed by atoms with Crippen LogP contribution in [0.25, 0.3) is 11.1 Å². The number of hydrogen-bond acceptors (Lipinski definition) is 2. The average molecular weight is 294 g/mol. The van der Waals surface area contributed by atoms with Crippen molar-refractivity contribution in [2.75, 3.05) is 7.11 Å². The lowest BCUT2D eigenvalue weighted by atomic mass is 9.98. The number of rotatable bonds is 3. The highest BCUT2D eigenvalue weighted by atomic mass is 19.4. The predicted molar refractivity (Wildman–Crippen MR) is 73.6 cm³/mol. The first kappa shape index (κ1) is 15.1. The van der Waals surface area contributed by atoms with E-state index >= 15 is 0 Å². The summed E-state index contributed by atoms with van der Waals surface area (Å²) in [5.41, 5.74) is 1.22. The van der Waals surface area contributed by atoms with Crippen molar-refractivity contribution in [3.8, 4) is 16.9 Å². The summed E-state index contributed by atoms with van der Waals surface area (Å²) in [5.74, 6) is 0.431. The minimum Gasteiger partial charge on any atom is -0.496 e. The zero-order valence-corrected chi connectivity index (χ0v) is 11.5. The molecular weight excluding hydrogens is 281 g/mol. The van der Waals surface area contributed by atoms with E-state index in [4.69, 9.17) is 4.74 Å². The fraction of sp³-hybridized carbons (Fsp3) is 0.188. The van der Waals surface area contributed by atoms with Crippen molar-refractivity contribution in [2.24, 2.45) is 0 Å². The van der Waals surface area contributed by atoms with Gasteiger partial charge >= 0.3 is 6.18 Å². The van der Waals surface area contributed by atoms with Crippen molar-refractivity contribution in [1.82, 2.24) is 0 Å². The monoisotopic (exact) mass is 294 g/mol. The van der Waals surface area contributed by atoms with Gasteiger partial charge in [0, 0.05) is 0 Å². The molecule has 0 heterocycles. The van der Waals surface area contributed by atoms with E-state index in [0.717, 1.165) is 12.1 Å². The molecular formula is C16H13F3O2. The molecule has 0 spiro atoms. The first-order valence-electron chi connectivity index (χ1n) is 6.18. The van der Waals surface area contributed by atoms with Crippen molar-refractivity contribution < 1.29 is 22.7 Å². The van der Waals surface area contributed by atoms with E-state index in [-0.39, 0.29) is 0 Å². The number of aldehydes is 1. The van der Waals surface area contributed by atoms with Crippen LogP contribution in [0.1, 0.15) is 21.5 Å². The summed E-state index contributed by atoms with van der Waals surface area (Å²) in [5, 5.41) is 0. The average Bonchev–Trinajstić information content (AvgIpc) is 2.45. The Kier molecular flexibility index (Phi) is 4.02. The van der Waals surface area contributed by atoms with E-state index < -0.39 is 11.7 Å². The Morgan fingerprint density at radius 1 is 1.10 bits per heavy atom. The molecule has 110 valence electrons. The third-order valence-electron chi connectivity index (χ3n) is 3.16. The number of ether oxygens (including phenoxy) is 1. The van der Waals surface area contributed by atoms with Gasteiger partial charge < -0.3 is 4.74 Å². The van der Waals surface area contributed by atoms with E-state index in [1.54, 1.807) is 19.1 Å². The van der Waals surface area contributed by atoms with Gasteiger partial charge in [-0.25, -0.2) is 0 Å². The van der Waals surface area contributed by atoms with Gasteiger partial charge in [-0.3, -0.25) is 4.79 Å². The van der Waals surface area contributed by atoms with E-state index in [9.17, 15) is 18.0 Å². The number of halogens is 3. The van der Waals surface area contributed by atoms with Crippen molar-refractivity contribution in [3.63, 3.8) is 0 Å². The summed E-state index contributed by atoms with van der Waals surface area (Å²) in [6.07, 6.45) is -3.77. The maximum atomic E-state index is 12.8. The predicted octanol–water partition coefficient (Wildman–Crippen LogP) is 4.50. The van der Waals surface area contributed by atoms with Crippen LogP contribution in [-0.4, -0.2) is 13.4 Å². The Labute approximate surface area is 120 Å². The molecule has 0 N–H and O–H groups in total. The van der Waals surface area contributed by atoms with Gasteiger partial charge in [0.25, 0.3) is 0 Å². The molecule has 2 rings (SSSR count). The van der Waals surface area contributed by atoms with Crippen LogP contribution in [0, 0.1) is 6.92 Å². The van der Waals surface area contributed by atoms with E-state index in [1.165, 1.54) is 19.2 Å². The number of carbonyl (C=O) groups excluding carboxylic acids is 1. The molecule has 0 aliphatic carbocycles. The fourth-order valence-corrected chi connectivity index (χ4v) is 2.21. The van der Waals surface area contributed by atoms with Crippen molar-refractivity contribution in [2.45, 2.75) is 13.1 Å². The molecule has 0 aromatic heterocycles. The molecule has 2 nitrogen and oxygen atoms in total. The molecule has 2 aromatic carbocycles. The molecule has 0 aliphatic heterocycles. The molecule has 0 bridgehead atoms. The number of benzene rings is 2. The minimum atomic E-state index is -4.40. The number of hydrogen-bond donors (Lipinski definition) is 0. The Morgan fingerprint density at radius 2 is 1.81 bits per heavy atom. The van der Waals surface area contributed by atoms with Gasteiger partial charge in [-0.15, -0.1) is 0 Å².